The summed E-state index contributed by atoms with van der Waals surface area (Å²) in [5.74, 6) is 0.705. The van der Waals surface area contributed by atoms with Gasteiger partial charge in [-0.3, -0.25) is 4.79 Å². The number of nitrogens with zero attached hydrogens (tertiary/aromatic N) is 1. The molecule has 0 radical (unpaired) electrons. The lowest BCUT2D eigenvalue weighted by molar-refractivity contribution is 0.0905. The highest BCUT2D eigenvalue weighted by atomic mass is 35.5. The molecular weight excluding hydrogens is 300 g/mol. The second kappa shape index (κ2) is 6.36. The van der Waals surface area contributed by atoms with Crippen LogP contribution in [0.15, 0.2) is 42.6 Å². The third-order valence-corrected chi connectivity index (χ3v) is 4.28. The summed E-state index contributed by atoms with van der Waals surface area (Å²) in [7, 11) is 1.51. The summed E-state index contributed by atoms with van der Waals surface area (Å²) in [6.45, 7) is 0. The number of hydrogen-bond acceptors (Lipinski definition) is 3. The number of carbonyl (C=O) groups is 1. The van der Waals surface area contributed by atoms with Crippen molar-refractivity contribution in [3.63, 3.8) is 0 Å². The molecule has 4 nitrogen and oxygen atoms in total. The second-order valence-electron chi connectivity index (χ2n) is 5.45. The van der Waals surface area contributed by atoms with Crippen LogP contribution in [-0.4, -0.2) is 24.0 Å². The van der Waals surface area contributed by atoms with Crippen molar-refractivity contribution in [2.45, 2.75) is 24.8 Å². The van der Waals surface area contributed by atoms with Crippen molar-refractivity contribution in [2.75, 3.05) is 7.11 Å². The predicted molar refractivity (Wildman–Crippen MR) is 85.5 cm³/mol. The topological polar surface area (TPSA) is 51.2 Å². The Hall–Kier alpha value is -2.07. The molecule has 1 aromatic heterocycles. The van der Waals surface area contributed by atoms with Crippen molar-refractivity contribution in [3.05, 3.63) is 58.7 Å². The van der Waals surface area contributed by atoms with E-state index in [2.05, 4.69) is 22.4 Å². The van der Waals surface area contributed by atoms with Gasteiger partial charge in [0.1, 0.15) is 5.56 Å². The normalized spacial score (nSPS) is 20.1. The van der Waals surface area contributed by atoms with Gasteiger partial charge in [-0.1, -0.05) is 23.7 Å². The zero-order chi connectivity index (χ0) is 15.5. The Kier molecular flexibility index (Phi) is 4.29. The van der Waals surface area contributed by atoms with Gasteiger partial charge in [0.2, 0.25) is 5.88 Å². The summed E-state index contributed by atoms with van der Waals surface area (Å²) in [5.41, 5.74) is 1.74. The van der Waals surface area contributed by atoms with E-state index in [1.807, 2.05) is 12.1 Å². The fraction of sp³-hybridized carbons (Fsp3) is 0.294. The number of hydrogen-bond donors (Lipinski definition) is 1. The zero-order valence-corrected chi connectivity index (χ0v) is 13.0. The molecule has 1 saturated carbocycles. The van der Waals surface area contributed by atoms with E-state index < -0.39 is 0 Å². The Balaban J connectivity index is 1.58. The van der Waals surface area contributed by atoms with Gasteiger partial charge in [0.15, 0.2) is 0 Å². The van der Waals surface area contributed by atoms with E-state index in [0.29, 0.717) is 17.4 Å². The van der Waals surface area contributed by atoms with E-state index >= 15 is 0 Å². The summed E-state index contributed by atoms with van der Waals surface area (Å²) in [6.07, 6.45) is 3.49. The molecule has 114 valence electrons. The first kappa shape index (κ1) is 14.9. The number of halogens is 1. The number of aromatic nitrogens is 1. The molecule has 1 N–H and O–H groups in total. The van der Waals surface area contributed by atoms with E-state index in [-0.39, 0.29) is 11.9 Å². The summed E-state index contributed by atoms with van der Waals surface area (Å²) in [4.78, 5) is 16.3. The number of nitrogens with one attached hydrogen (secondary N) is 1. The molecule has 0 bridgehead atoms. The number of ether oxygens (including phenoxy) is 1. The van der Waals surface area contributed by atoms with Crippen molar-refractivity contribution >= 4 is 17.5 Å². The van der Waals surface area contributed by atoms with Gasteiger partial charge < -0.3 is 10.1 Å². The van der Waals surface area contributed by atoms with Crippen LogP contribution in [0.5, 0.6) is 5.88 Å². The van der Waals surface area contributed by atoms with Crippen LogP contribution in [0.4, 0.5) is 0 Å². The van der Waals surface area contributed by atoms with Crippen LogP contribution >= 0.6 is 11.6 Å². The predicted octanol–water partition coefficient (Wildman–Crippen LogP) is 3.42. The Morgan fingerprint density at radius 2 is 2.00 bits per heavy atom. The van der Waals surface area contributed by atoms with Crippen LogP contribution in [0, 0.1) is 0 Å². The lowest BCUT2D eigenvalue weighted by Gasteiger charge is -2.36. The molecule has 1 fully saturated rings. The molecule has 22 heavy (non-hydrogen) atoms. The molecular formula is C17H17ClN2O2. The number of carbonyl (C=O) groups excluding carboxylic acids is 1. The van der Waals surface area contributed by atoms with E-state index in [1.165, 1.54) is 12.7 Å². The summed E-state index contributed by atoms with van der Waals surface area (Å²) in [5, 5.41) is 3.78. The molecule has 1 heterocycles. The molecule has 0 saturated heterocycles. The fourth-order valence-corrected chi connectivity index (χ4v) is 2.86. The first-order chi connectivity index (χ1) is 10.7. The van der Waals surface area contributed by atoms with Gasteiger partial charge in [-0.2, -0.15) is 0 Å². The smallest absolute Gasteiger partial charge is 0.256 e. The van der Waals surface area contributed by atoms with Crippen molar-refractivity contribution in [1.29, 1.82) is 0 Å². The Bertz CT molecular complexity index is 667. The standard InChI is InChI=1S/C17H17ClN2O2/c1-22-17-15(3-2-8-19-17)16(21)20-14-9-12(10-14)11-4-6-13(18)7-5-11/h2-8,12,14H,9-10H2,1H3,(H,20,21). The highest BCUT2D eigenvalue weighted by molar-refractivity contribution is 6.30. The molecule has 1 aliphatic carbocycles. The van der Waals surface area contributed by atoms with Gasteiger partial charge in [-0.15, -0.1) is 0 Å². The largest absolute Gasteiger partial charge is 0.480 e. The lowest BCUT2D eigenvalue weighted by atomic mass is 9.76. The minimum Gasteiger partial charge on any atom is -0.480 e. The molecule has 2 aromatic rings. The molecule has 1 amide bonds. The van der Waals surface area contributed by atoms with Crippen LogP contribution in [0.2, 0.25) is 5.02 Å². The van der Waals surface area contributed by atoms with Gasteiger partial charge in [0, 0.05) is 17.3 Å². The van der Waals surface area contributed by atoms with E-state index in [9.17, 15) is 4.79 Å². The molecule has 1 aliphatic rings. The Morgan fingerprint density at radius 1 is 1.27 bits per heavy atom. The number of rotatable bonds is 4. The Morgan fingerprint density at radius 3 is 2.68 bits per heavy atom. The van der Waals surface area contributed by atoms with Crippen LogP contribution in [0.3, 0.4) is 0 Å². The number of amides is 1. The molecule has 0 unspecified atom stereocenters. The van der Waals surface area contributed by atoms with Crippen molar-refractivity contribution in [2.24, 2.45) is 0 Å². The van der Waals surface area contributed by atoms with Gasteiger partial charge in [-0.05, 0) is 48.6 Å². The SMILES string of the molecule is COc1ncccc1C(=O)NC1CC(c2ccc(Cl)cc2)C1. The van der Waals surface area contributed by atoms with Gasteiger partial charge >= 0.3 is 0 Å². The molecule has 0 atom stereocenters. The summed E-state index contributed by atoms with van der Waals surface area (Å²) >= 11 is 5.90. The number of benzene rings is 1. The highest BCUT2D eigenvalue weighted by Gasteiger charge is 2.32. The average Bonchev–Trinajstić information content (AvgIpc) is 2.51. The van der Waals surface area contributed by atoms with Crippen molar-refractivity contribution in [3.8, 4) is 5.88 Å². The van der Waals surface area contributed by atoms with Gasteiger partial charge in [0.05, 0.1) is 7.11 Å². The zero-order valence-electron chi connectivity index (χ0n) is 12.3. The average molecular weight is 317 g/mol. The molecule has 0 spiro atoms. The lowest BCUT2D eigenvalue weighted by Crippen LogP contribution is -2.43. The quantitative estimate of drug-likeness (QED) is 0.940. The number of methoxy groups -OCH3 is 1. The summed E-state index contributed by atoms with van der Waals surface area (Å²) in [6, 6.07) is 11.6. The van der Waals surface area contributed by atoms with Gasteiger partial charge in [-0.25, -0.2) is 4.98 Å². The molecule has 5 heteroatoms. The van der Waals surface area contributed by atoms with Gasteiger partial charge in [0.25, 0.3) is 5.91 Å². The fourth-order valence-electron chi connectivity index (χ4n) is 2.73. The van der Waals surface area contributed by atoms with E-state index in [1.54, 1.807) is 18.3 Å². The molecule has 3 rings (SSSR count). The number of pyridine rings is 1. The third-order valence-electron chi connectivity index (χ3n) is 4.02. The summed E-state index contributed by atoms with van der Waals surface area (Å²) < 4.78 is 5.12. The molecule has 0 aliphatic heterocycles. The van der Waals surface area contributed by atoms with Crippen molar-refractivity contribution < 1.29 is 9.53 Å². The monoisotopic (exact) mass is 316 g/mol. The van der Waals surface area contributed by atoms with Crippen LogP contribution in [0.25, 0.3) is 0 Å². The Labute approximate surface area is 134 Å². The van der Waals surface area contributed by atoms with Crippen LogP contribution in [0.1, 0.15) is 34.7 Å². The van der Waals surface area contributed by atoms with Crippen LogP contribution < -0.4 is 10.1 Å². The maximum absolute atomic E-state index is 12.3. The first-order valence-corrected chi connectivity index (χ1v) is 7.60. The van der Waals surface area contributed by atoms with Crippen LogP contribution in [-0.2, 0) is 0 Å². The van der Waals surface area contributed by atoms with E-state index in [0.717, 1.165) is 17.9 Å². The maximum atomic E-state index is 12.3. The second-order valence-corrected chi connectivity index (χ2v) is 5.89. The third kappa shape index (κ3) is 3.07. The molecule has 1 aromatic carbocycles. The highest BCUT2D eigenvalue weighted by Crippen LogP contribution is 2.37. The minimum absolute atomic E-state index is 0.135. The minimum atomic E-state index is -0.135. The van der Waals surface area contributed by atoms with Crippen molar-refractivity contribution in [1.82, 2.24) is 10.3 Å². The van der Waals surface area contributed by atoms with E-state index in [4.69, 9.17) is 16.3 Å². The first-order valence-electron chi connectivity index (χ1n) is 7.22. The maximum Gasteiger partial charge on any atom is 0.256 e.